The number of nitrogens with zero attached hydrogens (tertiary/aromatic N) is 1. The van der Waals surface area contributed by atoms with Crippen LogP contribution in [0.3, 0.4) is 0 Å². The summed E-state index contributed by atoms with van der Waals surface area (Å²) in [5, 5.41) is 3.39. The van der Waals surface area contributed by atoms with Crippen LogP contribution in [0.25, 0.3) is 0 Å². The summed E-state index contributed by atoms with van der Waals surface area (Å²) in [5.74, 6) is -0.103. The Morgan fingerprint density at radius 2 is 1.72 bits per heavy atom. The molecule has 2 aromatic rings. The molecule has 0 aliphatic heterocycles. The smallest absolute Gasteiger partial charge is 0.251 e. The first kappa shape index (κ1) is 17.5. The van der Waals surface area contributed by atoms with Gasteiger partial charge in [0.2, 0.25) is 5.91 Å². The van der Waals surface area contributed by atoms with Crippen molar-refractivity contribution >= 4 is 23.4 Å². The highest BCUT2D eigenvalue weighted by molar-refractivity contribution is 6.30. The van der Waals surface area contributed by atoms with E-state index in [2.05, 4.69) is 5.32 Å². The molecule has 0 unspecified atom stereocenters. The average Bonchev–Trinajstić information content (AvgIpc) is 3.46. The number of amides is 2. The second-order valence-corrected chi connectivity index (χ2v) is 6.69. The Labute approximate surface area is 152 Å². The zero-order valence-electron chi connectivity index (χ0n) is 14.0. The van der Waals surface area contributed by atoms with Crippen LogP contribution in [0.1, 0.15) is 35.2 Å². The number of hydrogen-bond donors (Lipinski definition) is 1. The van der Waals surface area contributed by atoms with E-state index < -0.39 is 0 Å². The molecule has 130 valence electrons. The van der Waals surface area contributed by atoms with Gasteiger partial charge in [-0.15, -0.1) is 0 Å². The molecule has 0 aromatic heterocycles. The second-order valence-electron chi connectivity index (χ2n) is 6.25. The number of carbonyl (C=O) groups excluding carboxylic acids is 2. The number of rotatable bonds is 7. The third kappa shape index (κ3) is 5.07. The van der Waals surface area contributed by atoms with Crippen molar-refractivity contribution in [1.82, 2.24) is 10.2 Å². The monoisotopic (exact) mass is 356 g/mol. The van der Waals surface area contributed by atoms with Gasteiger partial charge in [0.05, 0.1) is 0 Å². The number of hydrogen-bond acceptors (Lipinski definition) is 2. The van der Waals surface area contributed by atoms with E-state index in [1.807, 2.05) is 35.2 Å². The second kappa shape index (κ2) is 8.17. The van der Waals surface area contributed by atoms with E-state index in [1.54, 1.807) is 24.3 Å². The normalized spacial score (nSPS) is 13.3. The van der Waals surface area contributed by atoms with Gasteiger partial charge < -0.3 is 10.2 Å². The van der Waals surface area contributed by atoms with Crippen molar-refractivity contribution in [1.29, 1.82) is 0 Å². The van der Waals surface area contributed by atoms with Gasteiger partial charge in [0, 0.05) is 36.1 Å². The Bertz CT molecular complexity index is 727. The number of carbonyl (C=O) groups is 2. The molecule has 2 aromatic carbocycles. The maximum atomic E-state index is 12.5. The predicted molar refractivity (Wildman–Crippen MR) is 98.4 cm³/mol. The zero-order valence-corrected chi connectivity index (χ0v) is 14.7. The van der Waals surface area contributed by atoms with Gasteiger partial charge in [-0.05, 0) is 42.7 Å². The summed E-state index contributed by atoms with van der Waals surface area (Å²) in [7, 11) is 0. The van der Waals surface area contributed by atoms with E-state index in [-0.39, 0.29) is 11.8 Å². The molecule has 0 saturated heterocycles. The topological polar surface area (TPSA) is 49.4 Å². The summed E-state index contributed by atoms with van der Waals surface area (Å²) in [4.78, 5) is 26.5. The third-order valence-electron chi connectivity index (χ3n) is 4.23. The van der Waals surface area contributed by atoms with Crippen LogP contribution in [-0.2, 0) is 11.3 Å². The quantitative estimate of drug-likeness (QED) is 0.823. The molecule has 5 heteroatoms. The van der Waals surface area contributed by atoms with Crippen LogP contribution in [0.15, 0.2) is 54.6 Å². The fourth-order valence-corrected chi connectivity index (χ4v) is 2.84. The van der Waals surface area contributed by atoms with Crippen molar-refractivity contribution in [3.8, 4) is 0 Å². The predicted octanol–water partition coefficient (Wildman–Crippen LogP) is 3.65. The maximum Gasteiger partial charge on any atom is 0.251 e. The lowest BCUT2D eigenvalue weighted by Crippen LogP contribution is -2.35. The van der Waals surface area contributed by atoms with Crippen molar-refractivity contribution in [3.63, 3.8) is 0 Å². The summed E-state index contributed by atoms with van der Waals surface area (Å²) in [6, 6.07) is 17.0. The highest BCUT2D eigenvalue weighted by atomic mass is 35.5. The van der Waals surface area contributed by atoms with Crippen molar-refractivity contribution in [2.45, 2.75) is 31.8 Å². The van der Waals surface area contributed by atoms with Crippen molar-refractivity contribution < 1.29 is 9.59 Å². The Hall–Kier alpha value is -2.33. The lowest BCUT2D eigenvalue weighted by Gasteiger charge is -2.22. The minimum absolute atomic E-state index is 0.0859. The summed E-state index contributed by atoms with van der Waals surface area (Å²) in [5.41, 5.74) is 1.67. The molecular formula is C20H21ClN2O2. The standard InChI is InChI=1S/C20H21ClN2O2/c21-17-8-6-16(7-9-17)20(25)22-13-12-19(24)23(18-10-11-18)14-15-4-2-1-3-5-15/h1-9,18H,10-14H2,(H,22,25). The van der Waals surface area contributed by atoms with E-state index in [0.717, 1.165) is 18.4 Å². The fourth-order valence-electron chi connectivity index (χ4n) is 2.72. The molecule has 0 bridgehead atoms. The number of benzene rings is 2. The lowest BCUT2D eigenvalue weighted by molar-refractivity contribution is -0.132. The van der Waals surface area contributed by atoms with Crippen LogP contribution in [0.4, 0.5) is 0 Å². The molecule has 3 rings (SSSR count). The molecule has 0 atom stereocenters. The van der Waals surface area contributed by atoms with Crippen LogP contribution >= 0.6 is 11.6 Å². The van der Waals surface area contributed by atoms with Crippen molar-refractivity contribution in [2.24, 2.45) is 0 Å². The highest BCUT2D eigenvalue weighted by Gasteiger charge is 2.32. The maximum absolute atomic E-state index is 12.5. The molecule has 1 fully saturated rings. The minimum Gasteiger partial charge on any atom is -0.352 e. The van der Waals surface area contributed by atoms with Gasteiger partial charge in [-0.25, -0.2) is 0 Å². The number of halogens is 1. The molecule has 0 radical (unpaired) electrons. The fraction of sp³-hybridized carbons (Fsp3) is 0.300. The summed E-state index contributed by atoms with van der Waals surface area (Å²) >= 11 is 5.82. The Kier molecular flexibility index (Phi) is 5.71. The SMILES string of the molecule is O=C(NCCC(=O)N(Cc1ccccc1)C1CC1)c1ccc(Cl)cc1. The first-order valence-corrected chi connectivity index (χ1v) is 8.88. The van der Waals surface area contributed by atoms with Crippen molar-refractivity contribution in [2.75, 3.05) is 6.54 Å². The molecule has 4 nitrogen and oxygen atoms in total. The molecule has 1 N–H and O–H groups in total. The molecule has 2 amide bonds. The van der Waals surface area contributed by atoms with Gasteiger partial charge in [-0.1, -0.05) is 41.9 Å². The van der Waals surface area contributed by atoms with E-state index in [1.165, 1.54) is 0 Å². The largest absolute Gasteiger partial charge is 0.352 e. The van der Waals surface area contributed by atoms with Crippen LogP contribution in [0, 0.1) is 0 Å². The first-order valence-electron chi connectivity index (χ1n) is 8.50. The Balaban J connectivity index is 1.50. The molecular weight excluding hydrogens is 336 g/mol. The van der Waals surface area contributed by atoms with Gasteiger partial charge in [-0.3, -0.25) is 9.59 Å². The highest BCUT2D eigenvalue weighted by Crippen LogP contribution is 2.28. The molecule has 25 heavy (non-hydrogen) atoms. The van der Waals surface area contributed by atoms with Crippen LogP contribution < -0.4 is 5.32 Å². The Morgan fingerprint density at radius 3 is 2.36 bits per heavy atom. The van der Waals surface area contributed by atoms with Crippen molar-refractivity contribution in [3.05, 3.63) is 70.7 Å². The van der Waals surface area contributed by atoms with Gasteiger partial charge in [0.15, 0.2) is 0 Å². The van der Waals surface area contributed by atoms with E-state index in [9.17, 15) is 9.59 Å². The Morgan fingerprint density at radius 1 is 1.04 bits per heavy atom. The molecule has 1 saturated carbocycles. The minimum atomic E-state index is -0.189. The van der Waals surface area contributed by atoms with E-state index in [4.69, 9.17) is 11.6 Å². The molecule has 1 aliphatic rings. The summed E-state index contributed by atoms with van der Waals surface area (Å²) < 4.78 is 0. The van der Waals surface area contributed by atoms with Gasteiger partial charge in [0.25, 0.3) is 5.91 Å². The molecule has 0 heterocycles. The van der Waals surface area contributed by atoms with E-state index >= 15 is 0 Å². The van der Waals surface area contributed by atoms with Crippen LogP contribution in [0.5, 0.6) is 0 Å². The van der Waals surface area contributed by atoms with Gasteiger partial charge in [0.1, 0.15) is 0 Å². The summed E-state index contributed by atoms with van der Waals surface area (Å²) in [6.45, 7) is 0.966. The lowest BCUT2D eigenvalue weighted by atomic mass is 10.2. The van der Waals surface area contributed by atoms with Crippen LogP contribution in [0.2, 0.25) is 5.02 Å². The van der Waals surface area contributed by atoms with Gasteiger partial charge in [-0.2, -0.15) is 0 Å². The molecule has 0 spiro atoms. The van der Waals surface area contributed by atoms with Gasteiger partial charge >= 0.3 is 0 Å². The number of nitrogens with one attached hydrogen (secondary N) is 1. The third-order valence-corrected chi connectivity index (χ3v) is 4.49. The average molecular weight is 357 g/mol. The van der Waals surface area contributed by atoms with Crippen LogP contribution in [-0.4, -0.2) is 29.3 Å². The summed E-state index contributed by atoms with van der Waals surface area (Å²) in [6.07, 6.45) is 2.44. The molecule has 1 aliphatic carbocycles. The zero-order chi connectivity index (χ0) is 17.6. The van der Waals surface area contributed by atoms with E-state index in [0.29, 0.717) is 36.1 Å². The first-order chi connectivity index (χ1) is 12.1.